The first-order valence-electron chi connectivity index (χ1n) is 6.41. The van der Waals surface area contributed by atoms with Crippen molar-refractivity contribution in [2.45, 2.75) is 23.3 Å². The third-order valence-corrected chi connectivity index (χ3v) is 5.70. The Kier molecular flexibility index (Phi) is 5.08. The molecule has 0 aliphatic rings. The molecule has 21 heavy (non-hydrogen) atoms. The molecular weight excluding hydrogens is 308 g/mol. The molecule has 0 amide bonds. The van der Waals surface area contributed by atoms with Gasteiger partial charge in [0.05, 0.1) is 16.3 Å². The molecule has 2 aromatic rings. The van der Waals surface area contributed by atoms with Gasteiger partial charge in [0, 0.05) is 25.9 Å². The highest BCUT2D eigenvalue weighted by atomic mass is 32.2. The summed E-state index contributed by atoms with van der Waals surface area (Å²) in [6, 6.07) is 8.93. The molecule has 0 radical (unpaired) electrons. The first-order valence-corrected chi connectivity index (χ1v) is 9.00. The number of nitrogens with zero attached hydrogens (tertiary/aromatic N) is 2. The van der Waals surface area contributed by atoms with E-state index in [9.17, 15) is 8.42 Å². The van der Waals surface area contributed by atoms with Crippen LogP contribution in [-0.2, 0) is 21.5 Å². The van der Waals surface area contributed by atoms with Gasteiger partial charge in [-0.25, -0.2) is 12.7 Å². The minimum absolute atomic E-state index is 0.320. The molecule has 0 spiro atoms. The van der Waals surface area contributed by atoms with E-state index in [1.807, 2.05) is 19.1 Å². The van der Waals surface area contributed by atoms with Crippen LogP contribution in [0.2, 0.25) is 0 Å². The molecule has 0 aliphatic carbocycles. The molecule has 5 nitrogen and oxygen atoms in total. The Balaban J connectivity index is 2.01. The molecule has 1 aromatic heterocycles. The second-order valence-electron chi connectivity index (χ2n) is 4.86. The van der Waals surface area contributed by atoms with E-state index in [1.54, 1.807) is 30.0 Å². The van der Waals surface area contributed by atoms with Crippen molar-refractivity contribution in [2.75, 3.05) is 14.1 Å². The lowest BCUT2D eigenvalue weighted by molar-refractivity contribution is 0.391. The molecule has 0 unspecified atom stereocenters. The van der Waals surface area contributed by atoms with Crippen LogP contribution in [0.4, 0.5) is 0 Å². The van der Waals surface area contributed by atoms with Gasteiger partial charge >= 0.3 is 0 Å². The number of aromatic nitrogens is 1. The van der Waals surface area contributed by atoms with Gasteiger partial charge < -0.3 is 4.52 Å². The van der Waals surface area contributed by atoms with Crippen LogP contribution in [-0.4, -0.2) is 32.0 Å². The van der Waals surface area contributed by atoms with E-state index < -0.39 is 10.0 Å². The van der Waals surface area contributed by atoms with Gasteiger partial charge in [-0.15, -0.1) is 11.8 Å². The molecule has 7 heteroatoms. The summed E-state index contributed by atoms with van der Waals surface area (Å²) in [4.78, 5) is 0.320. The van der Waals surface area contributed by atoms with Crippen molar-refractivity contribution in [3.63, 3.8) is 0 Å². The van der Waals surface area contributed by atoms with Gasteiger partial charge in [-0.05, 0) is 24.6 Å². The molecule has 2 rings (SSSR count). The van der Waals surface area contributed by atoms with Crippen LogP contribution in [0.15, 0.2) is 39.8 Å². The molecule has 0 N–H and O–H groups in total. The van der Waals surface area contributed by atoms with Gasteiger partial charge in [0.15, 0.2) is 0 Å². The number of thioether (sulfide) groups is 1. The normalized spacial score (nSPS) is 12.0. The number of sulfonamides is 1. The number of benzene rings is 1. The van der Waals surface area contributed by atoms with Crippen LogP contribution in [0.1, 0.15) is 17.0 Å². The summed E-state index contributed by atoms with van der Waals surface area (Å²) in [6.45, 7) is 1.88. The molecule has 0 aliphatic heterocycles. The molecule has 0 saturated heterocycles. The summed E-state index contributed by atoms with van der Waals surface area (Å²) in [5.74, 6) is 2.26. The number of hydrogen-bond donors (Lipinski definition) is 0. The Morgan fingerprint density at radius 1 is 1.24 bits per heavy atom. The summed E-state index contributed by atoms with van der Waals surface area (Å²) in [5, 5.41) is 3.83. The highest BCUT2D eigenvalue weighted by Gasteiger charge is 2.17. The van der Waals surface area contributed by atoms with E-state index in [4.69, 9.17) is 4.52 Å². The quantitative estimate of drug-likeness (QED) is 0.816. The Morgan fingerprint density at radius 2 is 2.00 bits per heavy atom. The Labute approximate surface area is 129 Å². The molecule has 0 saturated carbocycles. The average Bonchev–Trinajstić information content (AvgIpc) is 2.84. The minimum Gasteiger partial charge on any atom is -0.360 e. The van der Waals surface area contributed by atoms with Crippen molar-refractivity contribution in [2.24, 2.45) is 0 Å². The molecule has 0 fully saturated rings. The highest BCUT2D eigenvalue weighted by Crippen LogP contribution is 2.21. The molecule has 1 aromatic carbocycles. The van der Waals surface area contributed by atoms with E-state index in [1.165, 1.54) is 18.4 Å². The van der Waals surface area contributed by atoms with E-state index in [-0.39, 0.29) is 0 Å². The predicted octanol–water partition coefficient (Wildman–Crippen LogP) is 2.67. The van der Waals surface area contributed by atoms with Gasteiger partial charge in [-0.2, -0.15) is 0 Å². The third kappa shape index (κ3) is 4.09. The summed E-state index contributed by atoms with van der Waals surface area (Å²) in [6.07, 6.45) is 0. The van der Waals surface area contributed by atoms with Crippen LogP contribution in [0.3, 0.4) is 0 Å². The summed E-state index contributed by atoms with van der Waals surface area (Å²) >= 11 is 1.66. The SMILES string of the molecule is Cc1cc(CSCc2cccc(S(=O)(=O)N(C)C)c2)on1. The van der Waals surface area contributed by atoms with Gasteiger partial charge in [0.1, 0.15) is 5.76 Å². The summed E-state index contributed by atoms with van der Waals surface area (Å²) in [5.41, 5.74) is 1.84. The number of aryl methyl sites for hydroxylation is 1. The Bertz CT molecular complexity index is 709. The number of hydrogen-bond acceptors (Lipinski definition) is 5. The molecule has 1 heterocycles. The zero-order chi connectivity index (χ0) is 15.5. The minimum atomic E-state index is -3.38. The van der Waals surface area contributed by atoms with E-state index >= 15 is 0 Å². The van der Waals surface area contributed by atoms with Crippen molar-refractivity contribution in [3.05, 3.63) is 47.3 Å². The largest absolute Gasteiger partial charge is 0.360 e. The monoisotopic (exact) mass is 326 g/mol. The standard InChI is InChI=1S/C14H18N2O3S2/c1-11-7-13(19-15-11)10-20-9-12-5-4-6-14(8-12)21(17,18)16(2)3/h4-8H,9-10H2,1-3H3. The predicted molar refractivity (Wildman–Crippen MR) is 83.6 cm³/mol. The highest BCUT2D eigenvalue weighted by molar-refractivity contribution is 7.97. The van der Waals surface area contributed by atoms with Crippen LogP contribution in [0.25, 0.3) is 0 Å². The fraction of sp³-hybridized carbons (Fsp3) is 0.357. The first-order chi connectivity index (χ1) is 9.89. The first kappa shape index (κ1) is 16.1. The molecule has 0 atom stereocenters. The average molecular weight is 326 g/mol. The zero-order valence-corrected chi connectivity index (χ0v) is 13.9. The van der Waals surface area contributed by atoms with Gasteiger partial charge in [-0.3, -0.25) is 0 Å². The molecule has 114 valence electrons. The Hall–Kier alpha value is -1.31. The maximum absolute atomic E-state index is 12.1. The van der Waals surface area contributed by atoms with Crippen LogP contribution >= 0.6 is 11.8 Å². The van der Waals surface area contributed by atoms with Crippen molar-refractivity contribution < 1.29 is 12.9 Å². The fourth-order valence-electron chi connectivity index (χ4n) is 1.76. The topological polar surface area (TPSA) is 63.4 Å². The Morgan fingerprint density at radius 3 is 2.62 bits per heavy atom. The lowest BCUT2D eigenvalue weighted by Crippen LogP contribution is -2.22. The van der Waals surface area contributed by atoms with Crippen LogP contribution in [0, 0.1) is 6.92 Å². The lowest BCUT2D eigenvalue weighted by atomic mass is 10.2. The zero-order valence-electron chi connectivity index (χ0n) is 12.2. The molecular formula is C14H18N2O3S2. The van der Waals surface area contributed by atoms with Gasteiger partial charge in [0.2, 0.25) is 10.0 Å². The van der Waals surface area contributed by atoms with E-state index in [0.29, 0.717) is 10.6 Å². The third-order valence-electron chi connectivity index (χ3n) is 2.87. The van der Waals surface area contributed by atoms with Crippen molar-refractivity contribution in [1.82, 2.24) is 9.46 Å². The molecule has 0 bridgehead atoms. The summed E-state index contributed by atoms with van der Waals surface area (Å²) < 4.78 is 30.5. The second-order valence-corrected chi connectivity index (χ2v) is 8.00. The van der Waals surface area contributed by atoms with Crippen molar-refractivity contribution in [1.29, 1.82) is 0 Å². The van der Waals surface area contributed by atoms with E-state index in [2.05, 4.69) is 5.16 Å². The van der Waals surface area contributed by atoms with Crippen LogP contribution < -0.4 is 0 Å². The van der Waals surface area contributed by atoms with Gasteiger partial charge in [-0.1, -0.05) is 17.3 Å². The van der Waals surface area contributed by atoms with E-state index in [0.717, 1.165) is 22.8 Å². The fourth-order valence-corrected chi connectivity index (χ4v) is 3.59. The van der Waals surface area contributed by atoms with Gasteiger partial charge in [0.25, 0.3) is 0 Å². The summed E-state index contributed by atoms with van der Waals surface area (Å²) in [7, 11) is -0.316. The second kappa shape index (κ2) is 6.64. The van der Waals surface area contributed by atoms with Crippen molar-refractivity contribution >= 4 is 21.8 Å². The number of rotatable bonds is 6. The van der Waals surface area contributed by atoms with Crippen molar-refractivity contribution in [3.8, 4) is 0 Å². The smallest absolute Gasteiger partial charge is 0.242 e. The van der Waals surface area contributed by atoms with Crippen LogP contribution in [0.5, 0.6) is 0 Å². The maximum atomic E-state index is 12.1. The lowest BCUT2D eigenvalue weighted by Gasteiger charge is -2.12. The maximum Gasteiger partial charge on any atom is 0.242 e.